The average Bonchev–Trinajstić information content (AvgIpc) is 3.22. The van der Waals surface area contributed by atoms with Crippen LogP contribution in [-0.4, -0.2) is 19.2 Å². The number of halogens is 1. The molecule has 1 aromatic heterocycles. The van der Waals surface area contributed by atoms with Crippen molar-refractivity contribution in [2.45, 2.75) is 0 Å². The molecule has 0 fully saturated rings. The quantitative estimate of drug-likeness (QED) is 0.317. The molecule has 0 spiro atoms. The van der Waals surface area contributed by atoms with Gasteiger partial charge in [-0.25, -0.2) is 5.43 Å². The van der Waals surface area contributed by atoms with Crippen LogP contribution < -0.4 is 10.2 Å². The summed E-state index contributed by atoms with van der Waals surface area (Å²) in [5.74, 6) is 1.39. The summed E-state index contributed by atoms with van der Waals surface area (Å²) >= 11 is 3.41. The predicted octanol–water partition coefficient (Wildman–Crippen LogP) is 5.63. The monoisotopic (exact) mass is 448 g/mol. The number of methoxy groups -OCH3 is 1. The van der Waals surface area contributed by atoms with Crippen LogP contribution in [0.15, 0.2) is 86.8 Å². The molecular weight excluding hydrogens is 432 g/mol. The van der Waals surface area contributed by atoms with E-state index in [-0.39, 0.29) is 5.91 Å². The zero-order valence-electron chi connectivity index (χ0n) is 15.6. The van der Waals surface area contributed by atoms with Crippen LogP contribution in [0.4, 0.5) is 0 Å². The minimum atomic E-state index is -0.358. The second-order valence-corrected chi connectivity index (χ2v) is 7.22. The van der Waals surface area contributed by atoms with Crippen LogP contribution >= 0.6 is 15.9 Å². The van der Waals surface area contributed by atoms with Crippen molar-refractivity contribution in [3.8, 4) is 17.1 Å². The number of carbonyl (C=O) groups excluding carboxylic acids is 1. The molecule has 0 unspecified atom stereocenters. The van der Waals surface area contributed by atoms with Crippen molar-refractivity contribution >= 4 is 38.8 Å². The summed E-state index contributed by atoms with van der Waals surface area (Å²) in [4.78, 5) is 12.6. The van der Waals surface area contributed by atoms with E-state index in [9.17, 15) is 4.79 Å². The topological polar surface area (TPSA) is 63.8 Å². The summed E-state index contributed by atoms with van der Waals surface area (Å²) in [6, 6.07) is 22.9. The van der Waals surface area contributed by atoms with Gasteiger partial charge in [-0.1, -0.05) is 52.3 Å². The van der Waals surface area contributed by atoms with Gasteiger partial charge in [0.25, 0.3) is 5.91 Å². The number of amides is 1. The Morgan fingerprint density at radius 1 is 1.03 bits per heavy atom. The Morgan fingerprint density at radius 2 is 1.76 bits per heavy atom. The van der Waals surface area contributed by atoms with Gasteiger partial charge < -0.3 is 9.15 Å². The van der Waals surface area contributed by atoms with E-state index < -0.39 is 0 Å². The van der Waals surface area contributed by atoms with E-state index in [1.165, 1.54) is 13.3 Å². The molecule has 6 heteroatoms. The molecule has 3 aromatic carbocycles. The van der Waals surface area contributed by atoms with Gasteiger partial charge in [-0.05, 0) is 47.2 Å². The molecule has 0 radical (unpaired) electrons. The van der Waals surface area contributed by atoms with Crippen LogP contribution in [-0.2, 0) is 0 Å². The number of nitrogens with zero attached hydrogens (tertiary/aromatic N) is 1. The molecule has 0 atom stereocenters. The first-order chi connectivity index (χ1) is 14.1. The third-order valence-electron chi connectivity index (χ3n) is 4.43. The van der Waals surface area contributed by atoms with Gasteiger partial charge in [0.05, 0.1) is 18.9 Å². The fourth-order valence-corrected chi connectivity index (χ4v) is 3.24. The highest BCUT2D eigenvalue weighted by molar-refractivity contribution is 9.10. The summed E-state index contributed by atoms with van der Waals surface area (Å²) in [7, 11) is 1.54. The molecule has 0 bridgehead atoms. The molecular formula is C23H17BrN2O3. The van der Waals surface area contributed by atoms with Gasteiger partial charge in [0.15, 0.2) is 0 Å². The lowest BCUT2D eigenvalue weighted by atomic mass is 10.1. The Hall–Kier alpha value is -3.38. The Bertz CT molecular complexity index is 1200. The van der Waals surface area contributed by atoms with E-state index in [1.807, 2.05) is 60.7 Å². The molecule has 0 aliphatic rings. The third-order valence-corrected chi connectivity index (χ3v) is 4.95. The van der Waals surface area contributed by atoms with Crippen molar-refractivity contribution in [3.63, 3.8) is 0 Å². The van der Waals surface area contributed by atoms with E-state index >= 15 is 0 Å². The summed E-state index contributed by atoms with van der Waals surface area (Å²) in [6.45, 7) is 0. The van der Waals surface area contributed by atoms with Crippen molar-refractivity contribution < 1.29 is 13.9 Å². The number of hydrazone groups is 1. The minimum absolute atomic E-state index is 0.358. The number of hydrogen-bond donors (Lipinski definition) is 1. The molecule has 144 valence electrons. The molecule has 1 N–H and O–H groups in total. The number of fused-ring (bicyclic) bond motifs is 1. The Balaban J connectivity index is 1.49. The Labute approximate surface area is 176 Å². The van der Waals surface area contributed by atoms with Crippen LogP contribution in [0.2, 0.25) is 0 Å². The lowest BCUT2D eigenvalue weighted by Crippen LogP contribution is -2.18. The molecule has 4 rings (SSSR count). The molecule has 0 aliphatic carbocycles. The molecule has 1 amide bonds. The number of ether oxygens (including phenoxy) is 1. The number of benzene rings is 3. The number of furan rings is 1. The standard InChI is InChI=1S/C23H17BrN2O3/c1-28-22-13-17-5-3-2-4-16(17)12-20(22)23(27)26-25-14-19-10-11-21(29-19)15-6-8-18(24)9-7-15/h2-14H,1H3,(H,26,27)/b25-14+. The largest absolute Gasteiger partial charge is 0.496 e. The summed E-state index contributed by atoms with van der Waals surface area (Å²) in [6.07, 6.45) is 1.47. The molecule has 0 saturated carbocycles. The van der Waals surface area contributed by atoms with Gasteiger partial charge in [-0.15, -0.1) is 0 Å². The van der Waals surface area contributed by atoms with Crippen LogP contribution in [0.3, 0.4) is 0 Å². The second kappa shape index (κ2) is 8.32. The highest BCUT2D eigenvalue weighted by Crippen LogP contribution is 2.26. The maximum absolute atomic E-state index is 12.6. The Morgan fingerprint density at radius 3 is 2.48 bits per heavy atom. The molecule has 0 saturated heterocycles. The Kier molecular flexibility index (Phi) is 5.44. The minimum Gasteiger partial charge on any atom is -0.496 e. The average molecular weight is 449 g/mol. The summed E-state index contributed by atoms with van der Waals surface area (Å²) in [5, 5.41) is 5.97. The molecule has 29 heavy (non-hydrogen) atoms. The van der Waals surface area contributed by atoms with Crippen LogP contribution in [0.25, 0.3) is 22.1 Å². The van der Waals surface area contributed by atoms with E-state index in [2.05, 4.69) is 26.5 Å². The van der Waals surface area contributed by atoms with Crippen molar-refractivity contribution in [1.29, 1.82) is 0 Å². The van der Waals surface area contributed by atoms with Crippen molar-refractivity contribution in [2.24, 2.45) is 5.10 Å². The second-order valence-electron chi connectivity index (χ2n) is 6.31. The number of hydrogen-bond acceptors (Lipinski definition) is 4. The number of carbonyl (C=O) groups is 1. The lowest BCUT2D eigenvalue weighted by molar-refractivity contribution is 0.0952. The fraction of sp³-hybridized carbons (Fsp3) is 0.0435. The highest BCUT2D eigenvalue weighted by atomic mass is 79.9. The van der Waals surface area contributed by atoms with E-state index in [4.69, 9.17) is 9.15 Å². The molecule has 5 nitrogen and oxygen atoms in total. The van der Waals surface area contributed by atoms with Gasteiger partial charge in [0, 0.05) is 10.0 Å². The molecule has 1 heterocycles. The maximum Gasteiger partial charge on any atom is 0.275 e. The van der Waals surface area contributed by atoms with Gasteiger partial charge in [0.2, 0.25) is 0 Å². The van der Waals surface area contributed by atoms with Crippen LogP contribution in [0, 0.1) is 0 Å². The van der Waals surface area contributed by atoms with Gasteiger partial charge in [-0.2, -0.15) is 5.10 Å². The smallest absolute Gasteiger partial charge is 0.275 e. The zero-order valence-corrected chi connectivity index (χ0v) is 17.1. The van der Waals surface area contributed by atoms with E-state index in [1.54, 1.807) is 12.1 Å². The first kappa shape index (κ1) is 19.0. The van der Waals surface area contributed by atoms with E-state index in [0.29, 0.717) is 17.1 Å². The number of rotatable bonds is 5. The van der Waals surface area contributed by atoms with Crippen LogP contribution in [0.5, 0.6) is 5.75 Å². The van der Waals surface area contributed by atoms with Gasteiger partial charge >= 0.3 is 0 Å². The first-order valence-corrected chi connectivity index (χ1v) is 9.69. The SMILES string of the molecule is COc1cc2ccccc2cc1C(=O)N/N=C/c1ccc(-c2ccc(Br)cc2)o1. The lowest BCUT2D eigenvalue weighted by Gasteiger charge is -2.09. The van der Waals surface area contributed by atoms with Gasteiger partial charge in [-0.3, -0.25) is 4.79 Å². The summed E-state index contributed by atoms with van der Waals surface area (Å²) in [5.41, 5.74) is 3.90. The summed E-state index contributed by atoms with van der Waals surface area (Å²) < 4.78 is 12.1. The third kappa shape index (κ3) is 4.22. The predicted molar refractivity (Wildman–Crippen MR) is 117 cm³/mol. The van der Waals surface area contributed by atoms with Crippen molar-refractivity contribution in [3.05, 3.63) is 88.6 Å². The fourth-order valence-electron chi connectivity index (χ4n) is 2.97. The van der Waals surface area contributed by atoms with Crippen LogP contribution in [0.1, 0.15) is 16.1 Å². The first-order valence-electron chi connectivity index (χ1n) is 8.90. The highest BCUT2D eigenvalue weighted by Gasteiger charge is 2.13. The molecule has 4 aromatic rings. The van der Waals surface area contributed by atoms with Crippen molar-refractivity contribution in [1.82, 2.24) is 5.43 Å². The normalized spacial score (nSPS) is 11.1. The van der Waals surface area contributed by atoms with Gasteiger partial charge in [0.1, 0.15) is 17.3 Å². The molecule has 0 aliphatic heterocycles. The zero-order chi connectivity index (χ0) is 20.2. The van der Waals surface area contributed by atoms with Crippen molar-refractivity contribution in [2.75, 3.05) is 7.11 Å². The van der Waals surface area contributed by atoms with E-state index in [0.717, 1.165) is 26.6 Å². The number of nitrogens with one attached hydrogen (secondary N) is 1. The maximum atomic E-state index is 12.6.